The molecule has 0 aromatic heterocycles. The lowest BCUT2D eigenvalue weighted by Gasteiger charge is -2.00. The fourth-order valence-electron chi connectivity index (χ4n) is 0.996. The van der Waals surface area contributed by atoms with Gasteiger partial charge in [0.05, 0.1) is 10.6 Å². The number of guanidine groups is 1. The first-order chi connectivity index (χ1) is 7.49. The second-order valence-corrected chi connectivity index (χ2v) is 2.95. The van der Waals surface area contributed by atoms with Gasteiger partial charge >= 0.3 is 0 Å². The average Bonchev–Trinajstić information content (AvgIpc) is 2.16. The largest absolute Gasteiger partial charge is 0.369 e. The standard InChI is InChI=1S/C9H10N4O3/c1-6(14)11-9(10)12-7-2-4-8(5-3-7)13(15)16/h2-5H,1H3,(H3,10,11,12,14). The highest BCUT2D eigenvalue weighted by atomic mass is 16.6. The Kier molecular flexibility index (Phi) is 3.54. The predicted molar refractivity (Wildman–Crippen MR) is 58.2 cm³/mol. The molecule has 0 unspecified atom stereocenters. The van der Waals surface area contributed by atoms with Crippen LogP contribution in [0.4, 0.5) is 11.4 Å². The zero-order valence-corrected chi connectivity index (χ0v) is 8.51. The minimum absolute atomic E-state index is 0.0305. The lowest BCUT2D eigenvalue weighted by atomic mass is 10.3. The van der Waals surface area contributed by atoms with E-state index in [1.54, 1.807) is 0 Å². The van der Waals surface area contributed by atoms with E-state index in [9.17, 15) is 14.9 Å². The Labute approximate surface area is 91.1 Å². The molecule has 0 saturated carbocycles. The highest BCUT2D eigenvalue weighted by Gasteiger charge is 2.03. The van der Waals surface area contributed by atoms with Gasteiger partial charge in [-0.05, 0) is 12.1 Å². The summed E-state index contributed by atoms with van der Waals surface area (Å²) in [6, 6.07) is 5.49. The second kappa shape index (κ2) is 4.87. The third kappa shape index (κ3) is 3.37. The van der Waals surface area contributed by atoms with Crippen LogP contribution in [0.25, 0.3) is 0 Å². The number of non-ortho nitro benzene ring substituents is 1. The molecule has 7 heteroatoms. The number of amides is 1. The molecule has 1 aromatic rings. The van der Waals surface area contributed by atoms with E-state index < -0.39 is 4.92 Å². The molecule has 0 bridgehead atoms. The molecule has 0 atom stereocenters. The van der Waals surface area contributed by atoms with Gasteiger partial charge in [-0.15, -0.1) is 0 Å². The lowest BCUT2D eigenvalue weighted by Crippen LogP contribution is -2.34. The number of carbonyl (C=O) groups excluding carboxylic acids is 1. The van der Waals surface area contributed by atoms with Gasteiger partial charge in [0, 0.05) is 19.1 Å². The third-order valence-corrected chi connectivity index (χ3v) is 1.61. The van der Waals surface area contributed by atoms with Crippen LogP contribution in [0.15, 0.2) is 29.3 Å². The average molecular weight is 222 g/mol. The number of nitrogens with two attached hydrogens (primary N) is 1. The van der Waals surface area contributed by atoms with Crippen molar-refractivity contribution < 1.29 is 9.72 Å². The zero-order valence-electron chi connectivity index (χ0n) is 8.51. The Hall–Kier alpha value is -2.44. The summed E-state index contributed by atoms with van der Waals surface area (Å²) >= 11 is 0. The maximum absolute atomic E-state index is 10.6. The number of benzene rings is 1. The van der Waals surface area contributed by atoms with Gasteiger partial charge in [0.25, 0.3) is 5.69 Å². The summed E-state index contributed by atoms with van der Waals surface area (Å²) in [5.74, 6) is -0.385. The molecule has 1 rings (SSSR count). The molecule has 1 aromatic carbocycles. The second-order valence-electron chi connectivity index (χ2n) is 2.95. The predicted octanol–water partition coefficient (Wildman–Crippen LogP) is 0.677. The van der Waals surface area contributed by atoms with E-state index in [-0.39, 0.29) is 17.6 Å². The molecule has 0 saturated heterocycles. The molecule has 1 amide bonds. The molecule has 16 heavy (non-hydrogen) atoms. The van der Waals surface area contributed by atoms with Crippen molar-refractivity contribution in [2.75, 3.05) is 0 Å². The molecule has 3 N–H and O–H groups in total. The summed E-state index contributed by atoms with van der Waals surface area (Å²) < 4.78 is 0. The molecule has 0 spiro atoms. The van der Waals surface area contributed by atoms with Crippen LogP contribution < -0.4 is 11.1 Å². The van der Waals surface area contributed by atoms with Gasteiger partial charge in [-0.2, -0.15) is 0 Å². The lowest BCUT2D eigenvalue weighted by molar-refractivity contribution is -0.384. The van der Waals surface area contributed by atoms with E-state index in [1.165, 1.54) is 31.2 Å². The maximum Gasteiger partial charge on any atom is 0.269 e. The fourth-order valence-corrected chi connectivity index (χ4v) is 0.996. The number of rotatable bonds is 2. The topological polar surface area (TPSA) is 111 Å². The zero-order chi connectivity index (χ0) is 12.1. The number of carbonyl (C=O) groups is 1. The Morgan fingerprint density at radius 2 is 2.00 bits per heavy atom. The number of hydrogen-bond acceptors (Lipinski definition) is 4. The van der Waals surface area contributed by atoms with Crippen LogP contribution in [-0.4, -0.2) is 16.8 Å². The highest BCUT2D eigenvalue weighted by molar-refractivity contribution is 5.96. The van der Waals surface area contributed by atoms with Gasteiger partial charge in [-0.3, -0.25) is 20.2 Å². The van der Waals surface area contributed by atoms with E-state index in [2.05, 4.69) is 10.3 Å². The summed E-state index contributed by atoms with van der Waals surface area (Å²) in [5, 5.41) is 12.7. The Morgan fingerprint density at radius 1 is 1.44 bits per heavy atom. The molecule has 0 fully saturated rings. The number of nitrogens with zero attached hydrogens (tertiary/aromatic N) is 2. The summed E-state index contributed by atoms with van der Waals surface area (Å²) in [5.41, 5.74) is 5.79. The first kappa shape index (κ1) is 11.6. The van der Waals surface area contributed by atoms with Gasteiger partial charge in [-0.1, -0.05) is 0 Å². The van der Waals surface area contributed by atoms with Crippen molar-refractivity contribution in [1.29, 1.82) is 0 Å². The van der Waals surface area contributed by atoms with E-state index in [4.69, 9.17) is 5.73 Å². The highest BCUT2D eigenvalue weighted by Crippen LogP contribution is 2.17. The Bertz CT molecular complexity index is 439. The van der Waals surface area contributed by atoms with Gasteiger partial charge < -0.3 is 5.73 Å². The number of nitro groups is 1. The monoisotopic (exact) mass is 222 g/mol. The third-order valence-electron chi connectivity index (χ3n) is 1.61. The molecule has 84 valence electrons. The minimum atomic E-state index is -0.509. The van der Waals surface area contributed by atoms with E-state index >= 15 is 0 Å². The van der Waals surface area contributed by atoms with Crippen LogP contribution in [-0.2, 0) is 4.79 Å². The van der Waals surface area contributed by atoms with Crippen molar-refractivity contribution in [3.05, 3.63) is 34.4 Å². The maximum atomic E-state index is 10.6. The van der Waals surface area contributed by atoms with Crippen LogP contribution in [0.1, 0.15) is 6.92 Å². The van der Waals surface area contributed by atoms with Crippen LogP contribution in [0, 0.1) is 10.1 Å². The van der Waals surface area contributed by atoms with Crippen LogP contribution in [0.5, 0.6) is 0 Å². The molecular weight excluding hydrogens is 212 g/mol. The molecule has 0 heterocycles. The first-order valence-corrected chi connectivity index (χ1v) is 4.35. The number of nitro benzene ring substituents is 1. The van der Waals surface area contributed by atoms with Crippen molar-refractivity contribution in [2.45, 2.75) is 6.92 Å². The van der Waals surface area contributed by atoms with E-state index in [0.29, 0.717) is 5.69 Å². The van der Waals surface area contributed by atoms with Crippen LogP contribution in [0.3, 0.4) is 0 Å². The SMILES string of the molecule is CC(=O)NC(N)=Nc1ccc([N+](=O)[O-])cc1. The van der Waals surface area contributed by atoms with Gasteiger partial charge in [0.15, 0.2) is 0 Å². The van der Waals surface area contributed by atoms with Crippen molar-refractivity contribution in [3.63, 3.8) is 0 Å². The Morgan fingerprint density at radius 3 is 2.44 bits per heavy atom. The minimum Gasteiger partial charge on any atom is -0.369 e. The van der Waals surface area contributed by atoms with Gasteiger partial charge in [0.2, 0.25) is 11.9 Å². The van der Waals surface area contributed by atoms with Gasteiger partial charge in [0.1, 0.15) is 0 Å². The van der Waals surface area contributed by atoms with Crippen molar-refractivity contribution in [1.82, 2.24) is 5.32 Å². The molecule has 0 aliphatic heterocycles. The fraction of sp³-hybridized carbons (Fsp3) is 0.111. The number of hydrogen-bond donors (Lipinski definition) is 2. The molecule has 7 nitrogen and oxygen atoms in total. The van der Waals surface area contributed by atoms with Crippen molar-refractivity contribution in [2.24, 2.45) is 10.7 Å². The first-order valence-electron chi connectivity index (χ1n) is 4.35. The quantitative estimate of drug-likeness (QED) is 0.331. The number of nitrogens with one attached hydrogen (secondary N) is 1. The normalized spacial score (nSPS) is 10.9. The molecule has 0 radical (unpaired) electrons. The van der Waals surface area contributed by atoms with E-state index in [0.717, 1.165) is 0 Å². The number of aliphatic imine (C=N–C) groups is 1. The Balaban J connectivity index is 2.82. The summed E-state index contributed by atoms with van der Waals surface area (Å²) in [4.78, 5) is 24.3. The summed E-state index contributed by atoms with van der Waals surface area (Å²) in [7, 11) is 0. The summed E-state index contributed by atoms with van der Waals surface area (Å²) in [6.07, 6.45) is 0. The molecule has 0 aliphatic rings. The van der Waals surface area contributed by atoms with Crippen LogP contribution >= 0.6 is 0 Å². The van der Waals surface area contributed by atoms with Crippen molar-refractivity contribution in [3.8, 4) is 0 Å². The van der Waals surface area contributed by atoms with Crippen molar-refractivity contribution >= 4 is 23.2 Å². The molecule has 0 aliphatic carbocycles. The van der Waals surface area contributed by atoms with Gasteiger partial charge in [-0.25, -0.2) is 4.99 Å². The van der Waals surface area contributed by atoms with Crippen LogP contribution in [0.2, 0.25) is 0 Å². The molecular formula is C9H10N4O3. The van der Waals surface area contributed by atoms with E-state index in [1.807, 2.05) is 0 Å². The summed E-state index contributed by atoms with van der Waals surface area (Å²) in [6.45, 7) is 1.30. The smallest absolute Gasteiger partial charge is 0.269 e.